The summed E-state index contributed by atoms with van der Waals surface area (Å²) < 4.78 is 7.62. The Kier molecular flexibility index (Phi) is 5.70. The highest BCUT2D eigenvalue weighted by molar-refractivity contribution is 5.99. The van der Waals surface area contributed by atoms with Crippen LogP contribution in [0.25, 0.3) is 16.6 Å². The zero-order valence-corrected chi connectivity index (χ0v) is 20.1. The molecule has 2 aromatic carbocycles. The quantitative estimate of drug-likeness (QED) is 0.466. The number of benzene rings is 2. The summed E-state index contributed by atoms with van der Waals surface area (Å²) >= 11 is 0. The van der Waals surface area contributed by atoms with Crippen LogP contribution >= 0.6 is 12.4 Å². The van der Waals surface area contributed by atoms with Gasteiger partial charge in [-0.1, -0.05) is 18.2 Å². The first kappa shape index (κ1) is 22.6. The van der Waals surface area contributed by atoms with E-state index in [9.17, 15) is 9.59 Å². The second-order valence-electron chi connectivity index (χ2n) is 9.26. The van der Waals surface area contributed by atoms with Gasteiger partial charge in [0.05, 0.1) is 23.8 Å². The summed E-state index contributed by atoms with van der Waals surface area (Å²) in [6.07, 6.45) is 3.61. The van der Waals surface area contributed by atoms with Crippen LogP contribution in [-0.4, -0.2) is 38.4 Å². The van der Waals surface area contributed by atoms with Crippen LogP contribution in [0.4, 0.5) is 0 Å². The zero-order chi connectivity index (χ0) is 22.7. The van der Waals surface area contributed by atoms with Gasteiger partial charge in [-0.2, -0.15) is 0 Å². The van der Waals surface area contributed by atoms with Crippen LogP contribution in [0.3, 0.4) is 0 Å². The molecule has 0 saturated carbocycles. The lowest BCUT2D eigenvalue weighted by Crippen LogP contribution is -2.26. The van der Waals surface area contributed by atoms with E-state index in [1.54, 1.807) is 6.20 Å². The van der Waals surface area contributed by atoms with Crippen molar-refractivity contribution in [1.29, 1.82) is 0 Å². The van der Waals surface area contributed by atoms with Gasteiger partial charge in [-0.25, -0.2) is 4.98 Å². The van der Waals surface area contributed by atoms with Crippen LogP contribution < -0.4 is 5.56 Å². The summed E-state index contributed by atoms with van der Waals surface area (Å²) in [4.78, 5) is 35.8. The maximum absolute atomic E-state index is 13.5. The largest absolute Gasteiger partial charge is 0.381 e. The van der Waals surface area contributed by atoms with Gasteiger partial charge < -0.3 is 14.6 Å². The highest BCUT2D eigenvalue weighted by atomic mass is 35.5. The van der Waals surface area contributed by atoms with Crippen LogP contribution in [0, 0.1) is 13.8 Å². The molecule has 0 bridgehead atoms. The fraction of sp³-hybridized carbons (Fsp3) is 0.346. The first-order valence-corrected chi connectivity index (χ1v) is 11.5. The van der Waals surface area contributed by atoms with Gasteiger partial charge in [0.1, 0.15) is 11.3 Å². The van der Waals surface area contributed by atoms with Crippen molar-refractivity contribution in [3.05, 3.63) is 80.5 Å². The molecule has 4 heterocycles. The Bertz CT molecular complexity index is 1480. The Morgan fingerprint density at radius 1 is 1.15 bits per heavy atom. The Hall–Kier alpha value is -3.16. The molecule has 176 valence electrons. The van der Waals surface area contributed by atoms with Gasteiger partial charge in [-0.15, -0.1) is 12.4 Å². The molecule has 1 atom stereocenters. The average molecular weight is 479 g/mol. The summed E-state index contributed by atoms with van der Waals surface area (Å²) in [6, 6.07) is 10.0. The van der Waals surface area contributed by atoms with Gasteiger partial charge in [-0.3, -0.25) is 14.0 Å². The van der Waals surface area contributed by atoms with Crippen LogP contribution in [0.1, 0.15) is 57.2 Å². The van der Waals surface area contributed by atoms with E-state index in [0.717, 1.165) is 36.4 Å². The van der Waals surface area contributed by atoms with Gasteiger partial charge in [0, 0.05) is 31.2 Å². The number of hydrogen-bond acceptors (Lipinski definition) is 4. The van der Waals surface area contributed by atoms with Gasteiger partial charge in [0.2, 0.25) is 0 Å². The number of halogens is 1. The van der Waals surface area contributed by atoms with Crippen molar-refractivity contribution in [3.8, 4) is 0 Å². The van der Waals surface area contributed by atoms with Crippen molar-refractivity contribution in [3.63, 3.8) is 0 Å². The third kappa shape index (κ3) is 3.51. The molecule has 2 aliphatic rings. The standard InChI is InChI=1S/C26H26N4O3.ClH/c1-15-5-3-6-17-12-29(13-20(15)17)26(32)19-10-21-22(9-16(19)2)30-23(25(31)28-21)11-27-24(30)18-7-4-8-33-14-18;/h3,5-6,9-11,18H,4,7-8,12-14H2,1-2H3,(H,28,31);1H. The number of imidazole rings is 1. The van der Waals surface area contributed by atoms with E-state index in [4.69, 9.17) is 4.74 Å². The number of aromatic amines is 1. The first-order chi connectivity index (χ1) is 16.0. The molecule has 8 heteroatoms. The van der Waals surface area contributed by atoms with Crippen LogP contribution in [0.5, 0.6) is 0 Å². The van der Waals surface area contributed by atoms with Gasteiger partial charge in [0.15, 0.2) is 0 Å². The molecular weight excluding hydrogens is 452 g/mol. The molecule has 1 fully saturated rings. The number of carbonyl (C=O) groups is 1. The minimum Gasteiger partial charge on any atom is -0.381 e. The van der Waals surface area contributed by atoms with Crippen LogP contribution in [-0.2, 0) is 17.8 Å². The average Bonchev–Trinajstić information content (AvgIpc) is 3.46. The normalized spacial score (nSPS) is 17.7. The summed E-state index contributed by atoms with van der Waals surface area (Å²) in [5.74, 6) is 0.987. The van der Waals surface area contributed by atoms with E-state index in [1.165, 1.54) is 16.7 Å². The minimum absolute atomic E-state index is 0. The number of nitrogens with one attached hydrogen (secondary N) is 1. The number of fused-ring (bicyclic) bond motifs is 4. The fourth-order valence-electron chi connectivity index (χ4n) is 5.31. The Morgan fingerprint density at radius 2 is 2.00 bits per heavy atom. The van der Waals surface area contributed by atoms with E-state index in [1.807, 2.05) is 34.4 Å². The van der Waals surface area contributed by atoms with Crippen molar-refractivity contribution in [2.75, 3.05) is 13.2 Å². The lowest BCUT2D eigenvalue weighted by Gasteiger charge is -2.22. The third-order valence-electron chi connectivity index (χ3n) is 7.11. The van der Waals surface area contributed by atoms with Crippen LogP contribution in [0.2, 0.25) is 0 Å². The van der Waals surface area contributed by atoms with Crippen molar-refractivity contribution in [2.45, 2.75) is 45.7 Å². The molecular formula is C26H27ClN4O3. The van der Waals surface area contributed by atoms with Gasteiger partial charge in [0.25, 0.3) is 11.5 Å². The Morgan fingerprint density at radius 3 is 2.76 bits per heavy atom. The van der Waals surface area contributed by atoms with Crippen molar-refractivity contribution >= 4 is 34.9 Å². The molecule has 1 unspecified atom stereocenters. The highest BCUT2D eigenvalue weighted by Crippen LogP contribution is 2.30. The molecule has 1 amide bonds. The molecule has 1 saturated heterocycles. The number of amides is 1. The molecule has 4 aromatic rings. The molecule has 2 aliphatic heterocycles. The van der Waals surface area contributed by atoms with Gasteiger partial charge in [-0.05, 0) is 61.1 Å². The second-order valence-corrected chi connectivity index (χ2v) is 9.26. The topological polar surface area (TPSA) is 79.7 Å². The summed E-state index contributed by atoms with van der Waals surface area (Å²) in [6.45, 7) is 6.64. The molecule has 2 aromatic heterocycles. The summed E-state index contributed by atoms with van der Waals surface area (Å²) in [5.41, 5.74) is 6.97. The molecule has 6 rings (SSSR count). The molecule has 7 nitrogen and oxygen atoms in total. The number of nitrogens with zero attached hydrogens (tertiary/aromatic N) is 3. The number of carbonyl (C=O) groups excluding carboxylic acids is 1. The molecule has 34 heavy (non-hydrogen) atoms. The second kappa shape index (κ2) is 8.56. The molecule has 0 spiro atoms. The third-order valence-corrected chi connectivity index (χ3v) is 7.11. The summed E-state index contributed by atoms with van der Waals surface area (Å²) in [5, 5.41) is 0. The van der Waals surface area contributed by atoms with Crippen molar-refractivity contribution in [2.24, 2.45) is 0 Å². The predicted molar refractivity (Wildman–Crippen MR) is 133 cm³/mol. The van der Waals surface area contributed by atoms with E-state index in [0.29, 0.717) is 36.3 Å². The molecule has 0 radical (unpaired) electrons. The summed E-state index contributed by atoms with van der Waals surface area (Å²) in [7, 11) is 0. The number of aryl methyl sites for hydroxylation is 2. The van der Waals surface area contributed by atoms with Gasteiger partial charge >= 0.3 is 0 Å². The van der Waals surface area contributed by atoms with E-state index < -0.39 is 0 Å². The van der Waals surface area contributed by atoms with E-state index >= 15 is 0 Å². The van der Waals surface area contributed by atoms with Crippen molar-refractivity contribution < 1.29 is 9.53 Å². The van der Waals surface area contributed by atoms with Crippen LogP contribution in [0.15, 0.2) is 41.3 Å². The maximum Gasteiger partial charge on any atom is 0.274 e. The SMILES string of the molecule is Cc1cc2c(cc1C(=O)N1Cc3cccc(C)c3C1)[nH]c(=O)c1cnc(C3CCCOC3)n12.Cl. The fourth-order valence-corrected chi connectivity index (χ4v) is 5.31. The minimum atomic E-state index is -0.204. The monoisotopic (exact) mass is 478 g/mol. The zero-order valence-electron chi connectivity index (χ0n) is 19.3. The van der Waals surface area contributed by atoms with Crippen molar-refractivity contribution in [1.82, 2.24) is 19.3 Å². The smallest absolute Gasteiger partial charge is 0.274 e. The first-order valence-electron chi connectivity index (χ1n) is 11.5. The number of H-pyrrole nitrogens is 1. The lowest BCUT2D eigenvalue weighted by atomic mass is 10.0. The Balaban J connectivity index is 0.00000241. The van der Waals surface area contributed by atoms with E-state index in [2.05, 4.69) is 29.0 Å². The Labute approximate surface area is 203 Å². The number of ether oxygens (including phenoxy) is 1. The molecule has 0 aliphatic carbocycles. The number of rotatable bonds is 2. The molecule has 1 N–H and O–H groups in total. The number of hydrogen-bond donors (Lipinski definition) is 1. The highest BCUT2D eigenvalue weighted by Gasteiger charge is 2.27. The number of aromatic nitrogens is 3. The van der Waals surface area contributed by atoms with E-state index in [-0.39, 0.29) is 29.8 Å². The predicted octanol–water partition coefficient (Wildman–Crippen LogP) is 4.26. The maximum atomic E-state index is 13.5. The lowest BCUT2D eigenvalue weighted by molar-refractivity contribution is 0.0750.